The lowest BCUT2D eigenvalue weighted by Crippen LogP contribution is -2.14. The Morgan fingerprint density at radius 1 is 0.880 bits per heavy atom. The molecule has 0 amide bonds. The zero-order valence-corrected chi connectivity index (χ0v) is 15.9. The van der Waals surface area contributed by atoms with E-state index in [2.05, 4.69) is 0 Å². The molecule has 0 aliphatic rings. The lowest BCUT2D eigenvalue weighted by atomic mass is 9.98. The number of fused-ring (bicyclic) bond motifs is 1. The maximum Gasteiger partial charge on any atom is 0.361 e. The molecule has 0 aliphatic carbocycles. The molecule has 0 aromatic heterocycles. The first-order valence-corrected chi connectivity index (χ1v) is 10.2. The summed E-state index contributed by atoms with van der Waals surface area (Å²) in [5.74, 6) is 0. The second-order valence-corrected chi connectivity index (χ2v) is 7.95. The van der Waals surface area contributed by atoms with Gasteiger partial charge in [-0.25, -0.2) is 0 Å². The van der Waals surface area contributed by atoms with Crippen molar-refractivity contribution in [1.82, 2.24) is 0 Å². The van der Waals surface area contributed by atoms with Crippen LogP contribution in [0.3, 0.4) is 0 Å². The predicted octanol–water partition coefficient (Wildman–Crippen LogP) is 6.05. The van der Waals surface area contributed by atoms with Gasteiger partial charge in [0.2, 0.25) is 0 Å². The minimum absolute atomic E-state index is 0.310. The van der Waals surface area contributed by atoms with Crippen molar-refractivity contribution in [2.24, 2.45) is 0 Å². The fourth-order valence-electron chi connectivity index (χ4n) is 2.92. The third-order valence-electron chi connectivity index (χ3n) is 3.93. The van der Waals surface area contributed by atoms with Crippen LogP contribution in [0.2, 0.25) is 5.02 Å². The van der Waals surface area contributed by atoms with Gasteiger partial charge < -0.3 is 9.05 Å². The molecule has 0 heterocycles. The van der Waals surface area contributed by atoms with E-state index in [9.17, 15) is 4.57 Å². The number of halogens is 1. The first-order valence-electron chi connectivity index (χ1n) is 8.26. The number of hydrogen-bond donors (Lipinski definition) is 0. The molecular weight excluding hydrogens is 355 g/mol. The molecule has 0 atom stereocenters. The van der Waals surface area contributed by atoms with Gasteiger partial charge in [0.15, 0.2) is 0 Å². The minimum atomic E-state index is -3.42. The van der Waals surface area contributed by atoms with Crippen LogP contribution in [0.1, 0.15) is 13.8 Å². The highest BCUT2D eigenvalue weighted by molar-refractivity contribution is 7.62. The smallest absolute Gasteiger partial charge is 0.305 e. The summed E-state index contributed by atoms with van der Waals surface area (Å²) < 4.78 is 24.6. The summed E-state index contributed by atoms with van der Waals surface area (Å²) in [4.78, 5) is 0. The maximum absolute atomic E-state index is 13.4. The molecule has 0 bridgehead atoms. The fourth-order valence-corrected chi connectivity index (χ4v) is 4.86. The van der Waals surface area contributed by atoms with Crippen LogP contribution in [0.15, 0.2) is 60.7 Å². The van der Waals surface area contributed by atoms with E-state index < -0.39 is 7.60 Å². The molecule has 5 heteroatoms. The van der Waals surface area contributed by atoms with Gasteiger partial charge >= 0.3 is 7.60 Å². The first kappa shape index (κ1) is 18.2. The van der Waals surface area contributed by atoms with Crippen LogP contribution < -0.4 is 5.30 Å². The molecular formula is C20H20ClO3P. The third kappa shape index (κ3) is 3.65. The number of rotatable bonds is 6. The van der Waals surface area contributed by atoms with Crippen LogP contribution in [-0.4, -0.2) is 13.2 Å². The van der Waals surface area contributed by atoms with E-state index in [-0.39, 0.29) is 0 Å². The highest BCUT2D eigenvalue weighted by atomic mass is 35.5. The number of hydrogen-bond acceptors (Lipinski definition) is 3. The molecule has 3 rings (SSSR count). The Bertz CT molecular complexity index is 912. The largest absolute Gasteiger partial charge is 0.361 e. The van der Waals surface area contributed by atoms with Gasteiger partial charge in [-0.3, -0.25) is 4.57 Å². The molecule has 3 aromatic rings. The topological polar surface area (TPSA) is 35.5 Å². The molecule has 0 fully saturated rings. The normalized spacial score (nSPS) is 11.8. The average Bonchev–Trinajstić information content (AvgIpc) is 2.62. The summed E-state index contributed by atoms with van der Waals surface area (Å²) in [7, 11) is -3.42. The van der Waals surface area contributed by atoms with Crippen LogP contribution in [0, 0.1) is 0 Å². The van der Waals surface area contributed by atoms with Crippen molar-refractivity contribution >= 4 is 35.3 Å². The van der Waals surface area contributed by atoms with E-state index in [1.807, 2.05) is 74.5 Å². The Morgan fingerprint density at radius 2 is 1.52 bits per heavy atom. The molecule has 25 heavy (non-hydrogen) atoms. The molecule has 0 saturated carbocycles. The van der Waals surface area contributed by atoms with Gasteiger partial charge in [-0.15, -0.1) is 0 Å². The lowest BCUT2D eigenvalue weighted by Gasteiger charge is -2.21. The Morgan fingerprint density at radius 3 is 2.16 bits per heavy atom. The van der Waals surface area contributed by atoms with Gasteiger partial charge in [0.25, 0.3) is 0 Å². The zero-order chi connectivity index (χ0) is 17.9. The Labute approximate surface area is 153 Å². The summed E-state index contributed by atoms with van der Waals surface area (Å²) in [5.41, 5.74) is 1.79. The summed E-state index contributed by atoms with van der Waals surface area (Å²) in [6, 6.07) is 19.3. The second-order valence-electron chi connectivity index (χ2n) is 5.52. The van der Waals surface area contributed by atoms with E-state index in [0.29, 0.717) is 23.5 Å². The second kappa shape index (κ2) is 7.72. The van der Waals surface area contributed by atoms with Gasteiger partial charge in [0, 0.05) is 10.6 Å². The van der Waals surface area contributed by atoms with Crippen molar-refractivity contribution in [2.45, 2.75) is 13.8 Å². The van der Waals surface area contributed by atoms with Crippen LogP contribution in [0.25, 0.3) is 21.9 Å². The van der Waals surface area contributed by atoms with E-state index in [1.54, 1.807) is 0 Å². The Hall–Kier alpha value is -1.64. The quantitative estimate of drug-likeness (QED) is 0.492. The zero-order valence-electron chi connectivity index (χ0n) is 14.2. The monoisotopic (exact) mass is 374 g/mol. The molecule has 130 valence electrons. The fraction of sp³-hybridized carbons (Fsp3) is 0.200. The SMILES string of the molecule is CCOP(=O)(OCC)c1ccc2ccccc2c1-c1ccc(Cl)cc1. The highest BCUT2D eigenvalue weighted by Crippen LogP contribution is 2.50. The van der Waals surface area contributed by atoms with Crippen LogP contribution in [0.4, 0.5) is 0 Å². The predicted molar refractivity (Wildman–Crippen MR) is 105 cm³/mol. The van der Waals surface area contributed by atoms with Crippen molar-refractivity contribution in [3.05, 3.63) is 65.7 Å². The molecule has 0 unspecified atom stereocenters. The van der Waals surface area contributed by atoms with Crippen molar-refractivity contribution in [3.63, 3.8) is 0 Å². The van der Waals surface area contributed by atoms with Crippen LogP contribution >= 0.6 is 19.2 Å². The average molecular weight is 375 g/mol. The molecule has 0 saturated heterocycles. The van der Waals surface area contributed by atoms with Gasteiger partial charge in [-0.05, 0) is 48.4 Å². The van der Waals surface area contributed by atoms with E-state index in [0.717, 1.165) is 21.9 Å². The van der Waals surface area contributed by atoms with Crippen molar-refractivity contribution in [3.8, 4) is 11.1 Å². The minimum Gasteiger partial charge on any atom is -0.305 e. The van der Waals surface area contributed by atoms with E-state index >= 15 is 0 Å². The first-order chi connectivity index (χ1) is 12.1. The lowest BCUT2D eigenvalue weighted by molar-refractivity contribution is 0.230. The Balaban J connectivity index is 2.33. The van der Waals surface area contributed by atoms with Crippen molar-refractivity contribution < 1.29 is 13.6 Å². The van der Waals surface area contributed by atoms with Gasteiger partial charge in [-0.1, -0.05) is 54.1 Å². The summed E-state index contributed by atoms with van der Waals surface area (Å²) in [6.07, 6.45) is 0. The van der Waals surface area contributed by atoms with E-state index in [4.69, 9.17) is 20.6 Å². The Kier molecular flexibility index (Phi) is 5.61. The van der Waals surface area contributed by atoms with E-state index in [1.165, 1.54) is 0 Å². The van der Waals surface area contributed by atoms with Crippen molar-refractivity contribution in [2.75, 3.05) is 13.2 Å². The molecule has 0 spiro atoms. The molecule has 0 aliphatic heterocycles. The van der Waals surface area contributed by atoms with Gasteiger partial charge in [0.05, 0.1) is 18.5 Å². The van der Waals surface area contributed by atoms with Crippen LogP contribution in [-0.2, 0) is 13.6 Å². The molecule has 3 nitrogen and oxygen atoms in total. The maximum atomic E-state index is 13.4. The summed E-state index contributed by atoms with van der Waals surface area (Å²) in [6.45, 7) is 4.25. The van der Waals surface area contributed by atoms with Crippen molar-refractivity contribution in [1.29, 1.82) is 0 Å². The third-order valence-corrected chi connectivity index (χ3v) is 6.34. The van der Waals surface area contributed by atoms with Gasteiger partial charge in [0.1, 0.15) is 0 Å². The standard InChI is InChI=1S/C20H20ClO3P/c1-3-23-25(22,24-4-2)19-14-11-15-7-5-6-8-18(15)20(19)16-9-12-17(21)13-10-16/h5-14H,3-4H2,1-2H3. The molecule has 3 aromatic carbocycles. The van der Waals surface area contributed by atoms with Crippen LogP contribution in [0.5, 0.6) is 0 Å². The molecule has 0 radical (unpaired) electrons. The highest BCUT2D eigenvalue weighted by Gasteiger charge is 2.31. The van der Waals surface area contributed by atoms with Gasteiger partial charge in [-0.2, -0.15) is 0 Å². The summed E-state index contributed by atoms with van der Waals surface area (Å²) >= 11 is 6.04. The summed E-state index contributed by atoms with van der Waals surface area (Å²) in [5, 5.41) is 3.30. The number of benzene rings is 3. The molecule has 0 N–H and O–H groups in total.